The summed E-state index contributed by atoms with van der Waals surface area (Å²) < 4.78 is 5.50. The molecule has 3 N–H and O–H groups in total. The Morgan fingerprint density at radius 2 is 2.10 bits per heavy atom. The molecule has 0 fully saturated rings. The number of hydrogen-bond donors (Lipinski definition) is 2. The Balaban J connectivity index is 2.11. The molecule has 0 bridgehead atoms. The number of carbonyl (C=O) groups excluding carboxylic acids is 1. The highest BCUT2D eigenvalue weighted by Gasteiger charge is 2.21. The Morgan fingerprint density at radius 3 is 2.65 bits per heavy atom. The van der Waals surface area contributed by atoms with Crippen LogP contribution in [0.3, 0.4) is 0 Å². The van der Waals surface area contributed by atoms with Gasteiger partial charge in [0.05, 0.1) is 11.6 Å². The smallest absolute Gasteiger partial charge is 0.256 e. The van der Waals surface area contributed by atoms with Crippen molar-refractivity contribution in [3.63, 3.8) is 0 Å². The van der Waals surface area contributed by atoms with Crippen molar-refractivity contribution in [3.8, 4) is 0 Å². The number of aromatic nitrogens is 1. The topological polar surface area (TPSA) is 81.2 Å². The standard InChI is InChI=1S/C14H17N3O2S/c1-9-10(2)19-14(16-9)20-8-12(13(18)17-15)11-6-4-3-5-7-11/h3-7,12H,8,15H2,1-2H3,(H,17,18). The number of nitrogens with two attached hydrogens (primary N) is 1. The van der Waals surface area contributed by atoms with Gasteiger partial charge in [0.2, 0.25) is 5.91 Å². The number of hydrazine groups is 1. The number of nitrogens with zero attached hydrogens (tertiary/aromatic N) is 1. The molecule has 1 unspecified atom stereocenters. The molecule has 1 aromatic heterocycles. The SMILES string of the molecule is Cc1nc(SCC(C(=O)NN)c2ccccc2)oc1C. The first-order valence-corrected chi connectivity index (χ1v) is 7.22. The summed E-state index contributed by atoms with van der Waals surface area (Å²) in [5.41, 5.74) is 4.00. The fraction of sp³-hybridized carbons (Fsp3) is 0.286. The van der Waals surface area contributed by atoms with E-state index in [0.717, 1.165) is 17.0 Å². The predicted octanol–water partition coefficient (Wildman–Crippen LogP) is 2.16. The Hall–Kier alpha value is -1.79. The van der Waals surface area contributed by atoms with Crippen LogP contribution in [0.15, 0.2) is 40.0 Å². The lowest BCUT2D eigenvalue weighted by Gasteiger charge is -2.14. The third-order valence-corrected chi connectivity index (χ3v) is 3.96. The van der Waals surface area contributed by atoms with Crippen molar-refractivity contribution in [2.24, 2.45) is 5.84 Å². The third-order valence-electron chi connectivity index (χ3n) is 3.04. The van der Waals surface area contributed by atoms with E-state index in [-0.39, 0.29) is 11.8 Å². The fourth-order valence-electron chi connectivity index (χ4n) is 1.77. The summed E-state index contributed by atoms with van der Waals surface area (Å²) in [5.74, 6) is 6.02. The van der Waals surface area contributed by atoms with Gasteiger partial charge in [0.25, 0.3) is 5.22 Å². The largest absolute Gasteiger partial charge is 0.437 e. The summed E-state index contributed by atoms with van der Waals surface area (Å²) in [6.07, 6.45) is 0. The van der Waals surface area contributed by atoms with Gasteiger partial charge in [-0.2, -0.15) is 0 Å². The van der Waals surface area contributed by atoms with Crippen LogP contribution in [0.5, 0.6) is 0 Å². The van der Waals surface area contributed by atoms with Crippen molar-refractivity contribution in [2.45, 2.75) is 25.0 Å². The normalized spacial score (nSPS) is 12.2. The predicted molar refractivity (Wildman–Crippen MR) is 78.2 cm³/mol. The van der Waals surface area contributed by atoms with E-state index >= 15 is 0 Å². The number of benzene rings is 1. The molecule has 0 aliphatic heterocycles. The van der Waals surface area contributed by atoms with E-state index in [2.05, 4.69) is 10.4 Å². The van der Waals surface area contributed by atoms with Gasteiger partial charge in [0, 0.05) is 5.75 Å². The van der Waals surface area contributed by atoms with Gasteiger partial charge in [0.1, 0.15) is 5.76 Å². The number of hydrogen-bond acceptors (Lipinski definition) is 5. The highest BCUT2D eigenvalue weighted by molar-refractivity contribution is 7.99. The Morgan fingerprint density at radius 1 is 1.40 bits per heavy atom. The Kier molecular flexibility index (Phi) is 4.81. The minimum Gasteiger partial charge on any atom is -0.437 e. The van der Waals surface area contributed by atoms with E-state index in [1.54, 1.807) is 0 Å². The van der Waals surface area contributed by atoms with Crippen molar-refractivity contribution in [2.75, 3.05) is 5.75 Å². The molecule has 0 saturated heterocycles. The molecule has 6 heteroatoms. The minimum atomic E-state index is -0.335. The summed E-state index contributed by atoms with van der Waals surface area (Å²) in [6, 6.07) is 9.53. The number of carbonyl (C=O) groups is 1. The summed E-state index contributed by atoms with van der Waals surface area (Å²) in [4.78, 5) is 16.2. The molecule has 0 aliphatic carbocycles. The fourth-order valence-corrected chi connectivity index (χ4v) is 2.81. The van der Waals surface area contributed by atoms with Crippen LogP contribution >= 0.6 is 11.8 Å². The second-order valence-corrected chi connectivity index (χ2v) is 5.38. The summed E-state index contributed by atoms with van der Waals surface area (Å²) in [6.45, 7) is 3.76. The zero-order chi connectivity index (χ0) is 14.5. The molecule has 0 saturated carbocycles. The van der Waals surface area contributed by atoms with Crippen molar-refractivity contribution >= 4 is 17.7 Å². The molecule has 0 spiro atoms. The summed E-state index contributed by atoms with van der Waals surface area (Å²) in [7, 11) is 0. The second-order valence-electron chi connectivity index (χ2n) is 4.40. The van der Waals surface area contributed by atoms with E-state index in [0.29, 0.717) is 11.0 Å². The first kappa shape index (κ1) is 14.6. The highest BCUT2D eigenvalue weighted by atomic mass is 32.2. The molecule has 1 aromatic carbocycles. The van der Waals surface area contributed by atoms with Crippen LogP contribution in [0.2, 0.25) is 0 Å². The maximum Gasteiger partial charge on any atom is 0.256 e. The first-order valence-electron chi connectivity index (χ1n) is 6.24. The minimum absolute atomic E-state index is 0.219. The number of thioether (sulfide) groups is 1. The lowest BCUT2D eigenvalue weighted by Crippen LogP contribution is -2.35. The molecule has 0 aliphatic rings. The Labute approximate surface area is 121 Å². The van der Waals surface area contributed by atoms with Gasteiger partial charge in [-0.25, -0.2) is 10.8 Å². The van der Waals surface area contributed by atoms with E-state index in [9.17, 15) is 4.79 Å². The molecule has 20 heavy (non-hydrogen) atoms. The lowest BCUT2D eigenvalue weighted by molar-refractivity contribution is -0.122. The zero-order valence-corrected chi connectivity index (χ0v) is 12.2. The lowest BCUT2D eigenvalue weighted by atomic mass is 10.0. The van der Waals surface area contributed by atoms with Crippen LogP contribution < -0.4 is 11.3 Å². The monoisotopic (exact) mass is 291 g/mol. The van der Waals surface area contributed by atoms with Crippen LogP contribution in [0.25, 0.3) is 0 Å². The van der Waals surface area contributed by atoms with Crippen molar-refractivity contribution in [1.82, 2.24) is 10.4 Å². The van der Waals surface area contributed by atoms with Crippen LogP contribution in [-0.4, -0.2) is 16.6 Å². The van der Waals surface area contributed by atoms with Gasteiger partial charge >= 0.3 is 0 Å². The van der Waals surface area contributed by atoms with E-state index in [1.807, 2.05) is 44.2 Å². The van der Waals surface area contributed by atoms with Gasteiger partial charge < -0.3 is 4.42 Å². The zero-order valence-electron chi connectivity index (χ0n) is 11.4. The van der Waals surface area contributed by atoms with E-state index < -0.39 is 0 Å². The van der Waals surface area contributed by atoms with Gasteiger partial charge in [-0.3, -0.25) is 10.2 Å². The number of rotatable bonds is 5. The van der Waals surface area contributed by atoms with Gasteiger partial charge in [-0.15, -0.1) is 0 Å². The van der Waals surface area contributed by atoms with Gasteiger partial charge in [0.15, 0.2) is 0 Å². The molecule has 2 aromatic rings. The van der Waals surface area contributed by atoms with Crippen molar-refractivity contribution in [1.29, 1.82) is 0 Å². The number of nitrogens with one attached hydrogen (secondary N) is 1. The van der Waals surface area contributed by atoms with E-state index in [1.165, 1.54) is 11.8 Å². The molecule has 2 rings (SSSR count). The Bertz CT molecular complexity index is 564. The van der Waals surface area contributed by atoms with Gasteiger partial charge in [-0.1, -0.05) is 42.1 Å². The number of aryl methyl sites for hydroxylation is 2. The molecule has 1 atom stereocenters. The molecular formula is C14H17N3O2S. The average Bonchev–Trinajstić information content (AvgIpc) is 2.78. The molecule has 1 heterocycles. The first-order chi connectivity index (χ1) is 9.61. The van der Waals surface area contributed by atoms with Crippen LogP contribution in [0.1, 0.15) is 22.9 Å². The summed E-state index contributed by atoms with van der Waals surface area (Å²) in [5, 5.41) is 0.575. The molecule has 5 nitrogen and oxygen atoms in total. The molecular weight excluding hydrogens is 274 g/mol. The highest BCUT2D eigenvalue weighted by Crippen LogP contribution is 2.27. The average molecular weight is 291 g/mol. The number of amides is 1. The number of oxazole rings is 1. The van der Waals surface area contributed by atoms with Crippen molar-refractivity contribution in [3.05, 3.63) is 47.3 Å². The molecule has 106 valence electrons. The molecule has 1 amide bonds. The quantitative estimate of drug-likeness (QED) is 0.382. The second kappa shape index (κ2) is 6.58. The van der Waals surface area contributed by atoms with Crippen molar-refractivity contribution < 1.29 is 9.21 Å². The van der Waals surface area contributed by atoms with Gasteiger partial charge in [-0.05, 0) is 19.4 Å². The van der Waals surface area contributed by atoms with Crippen LogP contribution in [0, 0.1) is 13.8 Å². The third kappa shape index (κ3) is 3.40. The molecule has 0 radical (unpaired) electrons. The maximum absolute atomic E-state index is 11.9. The van der Waals surface area contributed by atoms with E-state index in [4.69, 9.17) is 10.3 Å². The van der Waals surface area contributed by atoms with Crippen LogP contribution in [0.4, 0.5) is 0 Å². The summed E-state index contributed by atoms with van der Waals surface area (Å²) >= 11 is 1.41. The van der Waals surface area contributed by atoms with Crippen LogP contribution in [-0.2, 0) is 4.79 Å². The maximum atomic E-state index is 11.9.